The third-order valence-electron chi connectivity index (χ3n) is 4.04. The average Bonchev–Trinajstić information content (AvgIpc) is 3.17. The van der Waals surface area contributed by atoms with Gasteiger partial charge >= 0.3 is 0 Å². The number of aromatic nitrogens is 3. The summed E-state index contributed by atoms with van der Waals surface area (Å²) in [4.78, 5) is 13.8. The highest BCUT2D eigenvalue weighted by Crippen LogP contribution is 2.18. The molecule has 1 aliphatic rings. The molecule has 1 aromatic heterocycles. The van der Waals surface area contributed by atoms with E-state index in [1.807, 2.05) is 0 Å². The summed E-state index contributed by atoms with van der Waals surface area (Å²) in [6.45, 7) is 1.30. The maximum Gasteiger partial charge on any atom is 0.246 e. The van der Waals surface area contributed by atoms with Crippen molar-refractivity contribution in [1.82, 2.24) is 19.7 Å². The molecule has 0 spiro atoms. The van der Waals surface area contributed by atoms with Crippen LogP contribution in [0.4, 0.5) is 4.39 Å². The van der Waals surface area contributed by atoms with E-state index in [9.17, 15) is 9.18 Å². The number of methoxy groups -OCH3 is 1. The Bertz CT molecular complexity index is 785. The number of hydrogen-bond acceptors (Lipinski definition) is 4. The van der Waals surface area contributed by atoms with E-state index in [2.05, 4.69) is 14.8 Å². The van der Waals surface area contributed by atoms with Crippen molar-refractivity contribution in [3.63, 3.8) is 0 Å². The fourth-order valence-electron chi connectivity index (χ4n) is 2.70. The Morgan fingerprint density at radius 1 is 1.46 bits per heavy atom. The highest BCUT2D eigenvalue weighted by atomic mass is 19.1. The number of carbonyl (C=O) groups is 1. The van der Waals surface area contributed by atoms with Gasteiger partial charge in [0, 0.05) is 26.1 Å². The van der Waals surface area contributed by atoms with Crippen LogP contribution < -0.4 is 4.74 Å². The summed E-state index contributed by atoms with van der Waals surface area (Å²) in [7, 11) is 3.12. The second-order valence-electron chi connectivity index (χ2n) is 5.71. The van der Waals surface area contributed by atoms with Gasteiger partial charge in [-0.1, -0.05) is 6.07 Å². The van der Waals surface area contributed by atoms with Crippen LogP contribution in [-0.2, 0) is 24.3 Å². The number of benzene rings is 1. The minimum Gasteiger partial charge on any atom is -0.494 e. The van der Waals surface area contributed by atoms with Crippen molar-refractivity contribution in [3.8, 4) is 5.75 Å². The first-order valence-corrected chi connectivity index (χ1v) is 7.76. The van der Waals surface area contributed by atoms with E-state index in [-0.39, 0.29) is 11.7 Å². The van der Waals surface area contributed by atoms with Crippen molar-refractivity contribution in [3.05, 3.63) is 47.3 Å². The largest absolute Gasteiger partial charge is 0.494 e. The van der Waals surface area contributed by atoms with Gasteiger partial charge in [-0.3, -0.25) is 4.79 Å². The van der Waals surface area contributed by atoms with Gasteiger partial charge in [-0.05, 0) is 30.2 Å². The normalized spacial score (nSPS) is 13.3. The number of carbonyl (C=O) groups excluding carboxylic acids is 1. The standard InChI is InChI=1S/C17H19FN4O2/c1-21(11-16-20-19-15-4-3-9-22(15)16)17(23)8-6-12-5-7-14(24-2)13(18)10-12/h5-8,10H,3-4,9,11H2,1-2H3. The minimum atomic E-state index is -0.459. The van der Waals surface area contributed by atoms with Gasteiger partial charge in [-0.25, -0.2) is 4.39 Å². The van der Waals surface area contributed by atoms with Gasteiger partial charge in [0.25, 0.3) is 0 Å². The van der Waals surface area contributed by atoms with Crippen molar-refractivity contribution < 1.29 is 13.9 Å². The fourth-order valence-corrected chi connectivity index (χ4v) is 2.70. The third kappa shape index (κ3) is 3.29. The summed E-state index contributed by atoms with van der Waals surface area (Å²) in [6, 6.07) is 4.55. The lowest BCUT2D eigenvalue weighted by molar-refractivity contribution is -0.125. The van der Waals surface area contributed by atoms with E-state index in [4.69, 9.17) is 4.74 Å². The van der Waals surface area contributed by atoms with Crippen LogP contribution in [0.1, 0.15) is 23.6 Å². The average molecular weight is 330 g/mol. The lowest BCUT2D eigenvalue weighted by atomic mass is 10.2. The molecule has 0 fully saturated rings. The predicted octanol–water partition coefficient (Wildman–Crippen LogP) is 2.04. The smallest absolute Gasteiger partial charge is 0.246 e. The Morgan fingerprint density at radius 2 is 2.29 bits per heavy atom. The van der Waals surface area contributed by atoms with Crippen molar-refractivity contribution >= 4 is 12.0 Å². The number of halogens is 1. The molecular formula is C17H19FN4O2. The molecule has 0 radical (unpaired) electrons. The first kappa shape index (κ1) is 16.2. The highest BCUT2D eigenvalue weighted by Gasteiger charge is 2.19. The van der Waals surface area contributed by atoms with Gasteiger partial charge in [-0.15, -0.1) is 10.2 Å². The molecule has 1 aromatic carbocycles. The van der Waals surface area contributed by atoms with Gasteiger partial charge in [0.05, 0.1) is 13.7 Å². The summed E-state index contributed by atoms with van der Waals surface area (Å²) in [5.41, 5.74) is 0.596. The Kier molecular flexibility index (Phi) is 4.59. The van der Waals surface area contributed by atoms with Crippen LogP contribution in [0.5, 0.6) is 5.75 Å². The molecule has 0 saturated heterocycles. The number of fused-ring (bicyclic) bond motifs is 1. The number of ether oxygens (including phenoxy) is 1. The fraction of sp³-hybridized carbons (Fsp3) is 0.353. The minimum absolute atomic E-state index is 0.177. The van der Waals surface area contributed by atoms with Crippen molar-refractivity contribution in [2.75, 3.05) is 14.2 Å². The lowest BCUT2D eigenvalue weighted by Gasteiger charge is -2.14. The Morgan fingerprint density at radius 3 is 3.04 bits per heavy atom. The van der Waals surface area contributed by atoms with Gasteiger partial charge in [0.2, 0.25) is 5.91 Å². The predicted molar refractivity (Wildman–Crippen MR) is 86.8 cm³/mol. The summed E-state index contributed by atoms with van der Waals surface area (Å²) >= 11 is 0. The molecule has 0 atom stereocenters. The monoisotopic (exact) mass is 330 g/mol. The lowest BCUT2D eigenvalue weighted by Crippen LogP contribution is -2.25. The molecular weight excluding hydrogens is 311 g/mol. The quantitative estimate of drug-likeness (QED) is 0.787. The Labute approximate surface area is 139 Å². The SMILES string of the molecule is COc1ccc(C=CC(=O)N(C)Cc2nnc3n2CCC3)cc1F. The number of amides is 1. The van der Waals surface area contributed by atoms with E-state index >= 15 is 0 Å². The topological polar surface area (TPSA) is 60.2 Å². The second-order valence-corrected chi connectivity index (χ2v) is 5.71. The maximum atomic E-state index is 13.6. The van der Waals surface area contributed by atoms with Crippen LogP contribution in [0.2, 0.25) is 0 Å². The van der Waals surface area contributed by atoms with E-state index in [0.29, 0.717) is 12.1 Å². The van der Waals surface area contributed by atoms with Crippen LogP contribution in [0.15, 0.2) is 24.3 Å². The van der Waals surface area contributed by atoms with E-state index in [1.165, 1.54) is 25.3 Å². The molecule has 3 rings (SSSR count). The molecule has 0 aliphatic carbocycles. The van der Waals surface area contributed by atoms with E-state index in [0.717, 1.165) is 31.0 Å². The van der Waals surface area contributed by atoms with Crippen molar-refractivity contribution in [2.24, 2.45) is 0 Å². The third-order valence-corrected chi connectivity index (χ3v) is 4.04. The highest BCUT2D eigenvalue weighted by molar-refractivity contribution is 5.91. The van der Waals surface area contributed by atoms with Crippen LogP contribution in [0, 0.1) is 5.82 Å². The molecule has 1 aliphatic heterocycles. The number of nitrogens with zero attached hydrogens (tertiary/aromatic N) is 4. The zero-order chi connectivity index (χ0) is 17.1. The van der Waals surface area contributed by atoms with Gasteiger partial charge in [-0.2, -0.15) is 0 Å². The first-order chi connectivity index (χ1) is 11.6. The molecule has 24 heavy (non-hydrogen) atoms. The van der Waals surface area contributed by atoms with Gasteiger partial charge < -0.3 is 14.2 Å². The molecule has 6 nitrogen and oxygen atoms in total. The zero-order valence-corrected chi connectivity index (χ0v) is 13.7. The first-order valence-electron chi connectivity index (χ1n) is 7.76. The molecule has 0 N–H and O–H groups in total. The molecule has 0 bridgehead atoms. The van der Waals surface area contributed by atoms with Crippen LogP contribution in [0.3, 0.4) is 0 Å². The second kappa shape index (κ2) is 6.82. The molecule has 0 saturated carbocycles. The zero-order valence-electron chi connectivity index (χ0n) is 13.7. The van der Waals surface area contributed by atoms with Crippen molar-refractivity contribution in [1.29, 1.82) is 0 Å². The number of likely N-dealkylation sites (N-methyl/N-ethyl adjacent to an activating group) is 1. The molecule has 0 unspecified atom stereocenters. The number of rotatable bonds is 5. The molecule has 7 heteroatoms. The maximum absolute atomic E-state index is 13.6. The molecule has 2 heterocycles. The van der Waals surface area contributed by atoms with Crippen LogP contribution in [-0.4, -0.2) is 39.7 Å². The molecule has 1 amide bonds. The molecule has 126 valence electrons. The molecule has 2 aromatic rings. The summed E-state index contributed by atoms with van der Waals surface area (Å²) in [5, 5.41) is 8.27. The summed E-state index contributed by atoms with van der Waals surface area (Å²) < 4.78 is 20.6. The summed E-state index contributed by atoms with van der Waals surface area (Å²) in [5.74, 6) is 1.31. The number of aryl methyl sites for hydroxylation is 1. The van der Waals surface area contributed by atoms with Crippen LogP contribution in [0.25, 0.3) is 6.08 Å². The van der Waals surface area contributed by atoms with E-state index < -0.39 is 5.82 Å². The Balaban J connectivity index is 1.64. The van der Waals surface area contributed by atoms with Crippen molar-refractivity contribution in [2.45, 2.75) is 25.9 Å². The Hall–Kier alpha value is -2.70. The van der Waals surface area contributed by atoms with E-state index in [1.54, 1.807) is 24.1 Å². The number of hydrogen-bond donors (Lipinski definition) is 0. The summed E-state index contributed by atoms with van der Waals surface area (Å²) in [6.07, 6.45) is 5.00. The van der Waals surface area contributed by atoms with Gasteiger partial charge in [0.1, 0.15) is 5.82 Å². The van der Waals surface area contributed by atoms with Gasteiger partial charge in [0.15, 0.2) is 17.4 Å². The van der Waals surface area contributed by atoms with Crippen LogP contribution >= 0.6 is 0 Å².